The Hall–Kier alpha value is -1.41. The number of nitrogens with zero attached hydrogens (tertiary/aromatic N) is 2. The fraction of sp³-hybridized carbons (Fsp3) is 0.615. The number of methoxy groups -OCH3 is 1. The average molecular weight is 265 g/mol. The number of nitrogens with two attached hydrogens (primary N) is 1. The molecule has 1 aromatic rings. The van der Waals surface area contributed by atoms with Crippen LogP contribution in [0.2, 0.25) is 0 Å². The predicted octanol–water partition coefficient (Wildman–Crippen LogP) is 2.69. The molecule has 1 fully saturated rings. The lowest BCUT2D eigenvalue weighted by Crippen LogP contribution is -2.38. The van der Waals surface area contributed by atoms with Crippen LogP contribution in [0.1, 0.15) is 25.1 Å². The molecular weight excluding hydrogens is 246 g/mol. The van der Waals surface area contributed by atoms with Crippen LogP contribution in [-0.4, -0.2) is 20.2 Å². The van der Waals surface area contributed by atoms with E-state index in [2.05, 4.69) is 24.8 Å². The third-order valence-corrected chi connectivity index (χ3v) is 4.50. The molecule has 2 heterocycles. The molecule has 0 aromatic carbocycles. The van der Waals surface area contributed by atoms with Gasteiger partial charge in [-0.1, -0.05) is 13.8 Å². The minimum atomic E-state index is 0.478. The van der Waals surface area contributed by atoms with E-state index < -0.39 is 0 Å². The number of rotatable bonds is 2. The lowest BCUT2D eigenvalue weighted by molar-refractivity contribution is 0.353. The molecular formula is C13H19N3OS. The van der Waals surface area contributed by atoms with Gasteiger partial charge in [0.25, 0.3) is 0 Å². The van der Waals surface area contributed by atoms with Crippen molar-refractivity contribution in [3.63, 3.8) is 0 Å². The minimum absolute atomic E-state index is 0.478. The number of hydrogen-bond donors (Lipinski definition) is 1. The standard InChI is InChI=1S/C13H19N3OS/c1-8-4-9(2)7-16(6-8)13-12(17-3)11(15)10(5-14)18-13/h8-9H,4,6-7,15H2,1-3H3. The molecule has 0 spiro atoms. The molecule has 2 unspecified atom stereocenters. The summed E-state index contributed by atoms with van der Waals surface area (Å²) in [6.45, 7) is 6.53. The second kappa shape index (κ2) is 5.07. The van der Waals surface area contributed by atoms with Crippen LogP contribution in [0.15, 0.2) is 0 Å². The molecule has 0 amide bonds. The third kappa shape index (κ3) is 2.25. The first-order valence-corrected chi connectivity index (χ1v) is 6.99. The van der Waals surface area contributed by atoms with Gasteiger partial charge in [-0.25, -0.2) is 0 Å². The van der Waals surface area contributed by atoms with Gasteiger partial charge in [0.1, 0.15) is 21.6 Å². The number of piperidine rings is 1. The number of hydrogen-bond acceptors (Lipinski definition) is 5. The van der Waals surface area contributed by atoms with Gasteiger partial charge < -0.3 is 15.4 Å². The van der Waals surface area contributed by atoms with Crippen LogP contribution in [0.3, 0.4) is 0 Å². The zero-order chi connectivity index (χ0) is 13.3. The molecule has 0 bridgehead atoms. The molecule has 0 saturated carbocycles. The van der Waals surface area contributed by atoms with Crippen LogP contribution in [0, 0.1) is 23.2 Å². The quantitative estimate of drug-likeness (QED) is 0.893. The highest BCUT2D eigenvalue weighted by atomic mass is 32.1. The molecule has 1 aliphatic rings. The van der Waals surface area contributed by atoms with Gasteiger partial charge in [-0.3, -0.25) is 0 Å². The van der Waals surface area contributed by atoms with Crippen LogP contribution in [0.5, 0.6) is 5.75 Å². The SMILES string of the molecule is COc1c(N2CC(C)CC(C)C2)sc(C#N)c1N. The van der Waals surface area contributed by atoms with Crippen molar-refractivity contribution >= 4 is 22.0 Å². The average Bonchev–Trinajstić information content (AvgIpc) is 2.64. The Morgan fingerprint density at radius 1 is 1.39 bits per heavy atom. The first kappa shape index (κ1) is 13.0. The minimum Gasteiger partial charge on any atom is -0.492 e. The molecule has 5 heteroatoms. The van der Waals surface area contributed by atoms with Gasteiger partial charge in [0.2, 0.25) is 0 Å². The maximum atomic E-state index is 9.06. The van der Waals surface area contributed by atoms with Crippen molar-refractivity contribution in [1.82, 2.24) is 0 Å². The van der Waals surface area contributed by atoms with Crippen molar-refractivity contribution in [3.8, 4) is 11.8 Å². The Kier molecular flexibility index (Phi) is 3.67. The van der Waals surface area contributed by atoms with E-state index in [1.807, 2.05) is 0 Å². The van der Waals surface area contributed by atoms with E-state index in [0.29, 0.717) is 28.1 Å². The summed E-state index contributed by atoms with van der Waals surface area (Å²) in [6.07, 6.45) is 1.25. The van der Waals surface area contributed by atoms with Crippen LogP contribution in [-0.2, 0) is 0 Å². The monoisotopic (exact) mass is 265 g/mol. The molecule has 4 nitrogen and oxygen atoms in total. The van der Waals surface area contributed by atoms with Crippen LogP contribution >= 0.6 is 11.3 Å². The third-order valence-electron chi connectivity index (χ3n) is 3.34. The van der Waals surface area contributed by atoms with Crippen LogP contribution in [0.4, 0.5) is 10.7 Å². The Morgan fingerprint density at radius 3 is 2.50 bits per heavy atom. The summed E-state index contributed by atoms with van der Waals surface area (Å²) in [6, 6.07) is 2.14. The fourth-order valence-electron chi connectivity index (χ4n) is 2.73. The van der Waals surface area contributed by atoms with Crippen molar-refractivity contribution in [2.24, 2.45) is 11.8 Å². The van der Waals surface area contributed by atoms with Crippen molar-refractivity contribution in [2.75, 3.05) is 30.8 Å². The summed E-state index contributed by atoms with van der Waals surface area (Å²) in [5.41, 5.74) is 6.42. The highest BCUT2D eigenvalue weighted by Gasteiger charge is 2.27. The Labute approximate surface area is 112 Å². The van der Waals surface area contributed by atoms with Crippen LogP contribution < -0.4 is 15.4 Å². The maximum absolute atomic E-state index is 9.06. The van der Waals surface area contributed by atoms with E-state index in [1.165, 1.54) is 17.8 Å². The molecule has 0 aliphatic carbocycles. The second-order valence-electron chi connectivity index (χ2n) is 5.15. The van der Waals surface area contributed by atoms with E-state index in [0.717, 1.165) is 18.1 Å². The first-order chi connectivity index (χ1) is 8.56. The van der Waals surface area contributed by atoms with Gasteiger partial charge in [0.15, 0.2) is 5.75 Å². The van der Waals surface area contributed by atoms with E-state index >= 15 is 0 Å². The fourth-order valence-corrected chi connectivity index (χ4v) is 3.74. The molecule has 98 valence electrons. The summed E-state index contributed by atoms with van der Waals surface area (Å²) in [7, 11) is 1.61. The number of ether oxygens (including phenoxy) is 1. The molecule has 2 atom stereocenters. The summed E-state index contributed by atoms with van der Waals surface area (Å²) < 4.78 is 5.37. The summed E-state index contributed by atoms with van der Waals surface area (Å²) in [5, 5.41) is 10.1. The van der Waals surface area contributed by atoms with Crippen molar-refractivity contribution < 1.29 is 4.74 Å². The van der Waals surface area contributed by atoms with Gasteiger partial charge in [0.05, 0.1) is 7.11 Å². The van der Waals surface area contributed by atoms with Gasteiger partial charge >= 0.3 is 0 Å². The van der Waals surface area contributed by atoms with Gasteiger partial charge in [-0.15, -0.1) is 11.3 Å². The normalized spacial score (nSPS) is 23.8. The molecule has 0 radical (unpaired) electrons. The maximum Gasteiger partial charge on any atom is 0.177 e. The topological polar surface area (TPSA) is 62.3 Å². The van der Waals surface area contributed by atoms with Crippen molar-refractivity contribution in [2.45, 2.75) is 20.3 Å². The number of anilines is 2. The second-order valence-corrected chi connectivity index (χ2v) is 6.15. The van der Waals surface area contributed by atoms with Crippen molar-refractivity contribution in [3.05, 3.63) is 4.88 Å². The van der Waals surface area contributed by atoms with Crippen molar-refractivity contribution in [1.29, 1.82) is 5.26 Å². The number of nitriles is 1. The van der Waals surface area contributed by atoms with Gasteiger partial charge in [0, 0.05) is 13.1 Å². The zero-order valence-corrected chi connectivity index (χ0v) is 11.9. The molecule has 18 heavy (non-hydrogen) atoms. The Morgan fingerprint density at radius 2 is 2.00 bits per heavy atom. The Bertz CT molecular complexity index is 467. The smallest absolute Gasteiger partial charge is 0.177 e. The summed E-state index contributed by atoms with van der Waals surface area (Å²) >= 11 is 1.44. The molecule has 1 aliphatic heterocycles. The summed E-state index contributed by atoms with van der Waals surface area (Å²) in [4.78, 5) is 2.85. The van der Waals surface area contributed by atoms with E-state index in [-0.39, 0.29) is 0 Å². The Balaban J connectivity index is 2.35. The summed E-state index contributed by atoms with van der Waals surface area (Å²) in [5.74, 6) is 1.98. The zero-order valence-electron chi connectivity index (χ0n) is 11.1. The largest absolute Gasteiger partial charge is 0.492 e. The van der Waals surface area contributed by atoms with Crippen LogP contribution in [0.25, 0.3) is 0 Å². The number of thiophene rings is 1. The van der Waals surface area contributed by atoms with E-state index in [9.17, 15) is 0 Å². The predicted molar refractivity (Wildman–Crippen MR) is 75.2 cm³/mol. The van der Waals surface area contributed by atoms with E-state index in [4.69, 9.17) is 15.7 Å². The lowest BCUT2D eigenvalue weighted by Gasteiger charge is -2.35. The highest BCUT2D eigenvalue weighted by molar-refractivity contribution is 7.17. The van der Waals surface area contributed by atoms with Gasteiger partial charge in [-0.05, 0) is 18.3 Å². The molecule has 1 aromatic heterocycles. The highest BCUT2D eigenvalue weighted by Crippen LogP contribution is 2.45. The lowest BCUT2D eigenvalue weighted by atomic mass is 9.92. The number of nitrogen functional groups attached to an aromatic ring is 1. The first-order valence-electron chi connectivity index (χ1n) is 6.18. The molecule has 2 rings (SSSR count). The van der Waals surface area contributed by atoms with Gasteiger partial charge in [-0.2, -0.15) is 5.26 Å². The molecule has 1 saturated heterocycles. The molecule has 2 N–H and O–H groups in total. The van der Waals surface area contributed by atoms with E-state index in [1.54, 1.807) is 7.11 Å².